The van der Waals surface area contributed by atoms with Crippen molar-refractivity contribution in [3.63, 3.8) is 0 Å². The van der Waals surface area contributed by atoms with Gasteiger partial charge in [-0.1, -0.05) is 0 Å². The molecule has 2 aliphatic carbocycles. The fourth-order valence-electron chi connectivity index (χ4n) is 4.03. The number of hydrogen-bond donors (Lipinski definition) is 2. The van der Waals surface area contributed by atoms with E-state index in [9.17, 15) is 19.2 Å². The number of ether oxygens (including phenoxy) is 2. The summed E-state index contributed by atoms with van der Waals surface area (Å²) in [6, 6.07) is 0. The van der Waals surface area contributed by atoms with Gasteiger partial charge < -0.3 is 19.7 Å². The van der Waals surface area contributed by atoms with Crippen molar-refractivity contribution in [1.82, 2.24) is 0 Å². The van der Waals surface area contributed by atoms with E-state index in [1.165, 1.54) is 14.2 Å². The molecule has 0 aliphatic heterocycles. The summed E-state index contributed by atoms with van der Waals surface area (Å²) in [5.74, 6) is -1.33. The number of carbonyl (C=O) groups is 4. The minimum Gasteiger partial charge on any atom is -0.481 e. The molecule has 0 amide bonds. The Kier molecular flexibility index (Phi) is 10.6. The second-order valence-corrected chi connectivity index (χ2v) is 7.68. The van der Waals surface area contributed by atoms with Crippen LogP contribution in [-0.2, 0) is 28.7 Å². The molecule has 8 nitrogen and oxygen atoms in total. The zero-order valence-corrected chi connectivity index (χ0v) is 16.7. The number of methoxy groups -OCH3 is 2. The zero-order valence-electron chi connectivity index (χ0n) is 16.7. The highest BCUT2D eigenvalue weighted by atomic mass is 16.5. The Morgan fingerprint density at radius 3 is 1.14 bits per heavy atom. The van der Waals surface area contributed by atoms with E-state index in [0.717, 1.165) is 51.4 Å². The molecule has 0 aromatic heterocycles. The maximum absolute atomic E-state index is 11.2. The van der Waals surface area contributed by atoms with E-state index in [-0.39, 0.29) is 48.5 Å². The largest absolute Gasteiger partial charge is 0.481 e. The summed E-state index contributed by atoms with van der Waals surface area (Å²) in [5, 5.41) is 17.2. The molecule has 0 heterocycles. The second kappa shape index (κ2) is 12.4. The lowest BCUT2D eigenvalue weighted by atomic mass is 9.80. The van der Waals surface area contributed by atoms with Gasteiger partial charge in [0.05, 0.1) is 26.1 Å². The Labute approximate surface area is 165 Å². The molecule has 0 aromatic rings. The summed E-state index contributed by atoms with van der Waals surface area (Å²) in [6.45, 7) is 0. The van der Waals surface area contributed by atoms with E-state index in [2.05, 4.69) is 9.47 Å². The summed E-state index contributed by atoms with van der Waals surface area (Å²) in [4.78, 5) is 43.2. The topological polar surface area (TPSA) is 127 Å². The monoisotopic (exact) mass is 400 g/mol. The highest BCUT2D eigenvalue weighted by molar-refractivity contribution is 5.73. The molecular weight excluding hydrogens is 368 g/mol. The van der Waals surface area contributed by atoms with Crippen molar-refractivity contribution in [3.05, 3.63) is 0 Å². The first-order valence-corrected chi connectivity index (χ1v) is 9.86. The first kappa shape index (κ1) is 23.9. The van der Waals surface area contributed by atoms with Crippen molar-refractivity contribution >= 4 is 23.9 Å². The van der Waals surface area contributed by atoms with Crippen molar-refractivity contribution in [1.29, 1.82) is 0 Å². The molecule has 0 unspecified atom stereocenters. The molecule has 0 radical (unpaired) electrons. The first-order chi connectivity index (χ1) is 13.3. The third kappa shape index (κ3) is 8.71. The van der Waals surface area contributed by atoms with E-state index < -0.39 is 11.9 Å². The van der Waals surface area contributed by atoms with E-state index in [0.29, 0.717) is 0 Å². The van der Waals surface area contributed by atoms with Crippen molar-refractivity contribution in [2.75, 3.05) is 14.2 Å². The van der Waals surface area contributed by atoms with Gasteiger partial charge in [0.25, 0.3) is 0 Å². The first-order valence-electron chi connectivity index (χ1n) is 9.86. The lowest BCUT2D eigenvalue weighted by molar-refractivity contribution is -0.148. The third-order valence-corrected chi connectivity index (χ3v) is 5.69. The van der Waals surface area contributed by atoms with Gasteiger partial charge in [-0.05, 0) is 63.2 Å². The smallest absolute Gasteiger partial charge is 0.308 e. The van der Waals surface area contributed by atoms with Gasteiger partial charge in [-0.3, -0.25) is 19.2 Å². The lowest BCUT2D eigenvalue weighted by Gasteiger charge is -2.25. The van der Waals surface area contributed by atoms with Gasteiger partial charge in [0, 0.05) is 12.8 Å². The minimum atomic E-state index is -0.744. The predicted octanol–water partition coefficient (Wildman–Crippen LogP) is 2.88. The number of esters is 2. The van der Waals surface area contributed by atoms with Crippen LogP contribution in [0.1, 0.15) is 64.2 Å². The maximum Gasteiger partial charge on any atom is 0.308 e. The van der Waals surface area contributed by atoms with Crippen LogP contribution in [0.2, 0.25) is 0 Å². The Balaban J connectivity index is 0.000000280. The fraction of sp³-hybridized carbons (Fsp3) is 0.800. The summed E-state index contributed by atoms with van der Waals surface area (Å²) in [6.07, 6.45) is 6.84. The van der Waals surface area contributed by atoms with Crippen LogP contribution >= 0.6 is 0 Å². The minimum absolute atomic E-state index is 0.00922. The number of carboxylic acids is 2. The average Bonchev–Trinajstić information content (AvgIpc) is 2.67. The molecule has 0 saturated heterocycles. The van der Waals surface area contributed by atoms with Gasteiger partial charge in [-0.15, -0.1) is 0 Å². The standard InChI is InChI=1S/2C10H16O4/c2*1-14-10(13)8-4-2-7(3-5-8)6-9(11)12/h2*7-8H,2-6H2,1H3,(H,11,12). The quantitative estimate of drug-likeness (QED) is 0.652. The molecule has 0 atom stereocenters. The molecule has 2 aliphatic rings. The Morgan fingerprint density at radius 1 is 0.643 bits per heavy atom. The fourth-order valence-corrected chi connectivity index (χ4v) is 4.03. The zero-order chi connectivity index (χ0) is 21.1. The summed E-state index contributed by atoms with van der Waals surface area (Å²) >= 11 is 0. The molecule has 28 heavy (non-hydrogen) atoms. The van der Waals surface area contributed by atoms with Crippen LogP contribution in [0.15, 0.2) is 0 Å². The highest BCUT2D eigenvalue weighted by Crippen LogP contribution is 2.32. The third-order valence-electron chi connectivity index (χ3n) is 5.69. The molecule has 160 valence electrons. The highest BCUT2D eigenvalue weighted by Gasteiger charge is 2.28. The molecule has 2 rings (SSSR count). The van der Waals surface area contributed by atoms with E-state index in [4.69, 9.17) is 10.2 Å². The summed E-state index contributed by atoms with van der Waals surface area (Å²) < 4.78 is 9.30. The molecule has 0 aromatic carbocycles. The van der Waals surface area contributed by atoms with E-state index >= 15 is 0 Å². The lowest BCUT2D eigenvalue weighted by Crippen LogP contribution is -2.23. The van der Waals surface area contributed by atoms with Crippen molar-refractivity contribution < 1.29 is 38.9 Å². The molecule has 8 heteroatoms. The Bertz CT molecular complexity index is 480. The molecular formula is C20H32O8. The number of aliphatic carboxylic acids is 2. The average molecular weight is 400 g/mol. The van der Waals surface area contributed by atoms with Crippen LogP contribution in [0.5, 0.6) is 0 Å². The van der Waals surface area contributed by atoms with Crippen LogP contribution in [0, 0.1) is 23.7 Å². The molecule has 2 fully saturated rings. The van der Waals surface area contributed by atoms with Crippen LogP contribution in [-0.4, -0.2) is 48.3 Å². The van der Waals surface area contributed by atoms with Gasteiger partial charge in [-0.25, -0.2) is 0 Å². The Morgan fingerprint density at radius 2 is 0.929 bits per heavy atom. The van der Waals surface area contributed by atoms with Gasteiger partial charge in [-0.2, -0.15) is 0 Å². The van der Waals surface area contributed by atoms with E-state index in [1.807, 2.05) is 0 Å². The van der Waals surface area contributed by atoms with Crippen LogP contribution < -0.4 is 0 Å². The second-order valence-electron chi connectivity index (χ2n) is 7.68. The summed E-state index contributed by atoms with van der Waals surface area (Å²) in [5.41, 5.74) is 0. The number of carboxylic acid groups (broad SMARTS) is 2. The Hall–Kier alpha value is -2.12. The van der Waals surface area contributed by atoms with Crippen LogP contribution in [0.3, 0.4) is 0 Å². The number of carbonyl (C=O) groups excluding carboxylic acids is 2. The molecule has 0 spiro atoms. The molecule has 2 saturated carbocycles. The van der Waals surface area contributed by atoms with Gasteiger partial charge in [0.2, 0.25) is 0 Å². The van der Waals surface area contributed by atoms with E-state index in [1.54, 1.807) is 0 Å². The summed E-state index contributed by atoms with van der Waals surface area (Å²) in [7, 11) is 2.79. The SMILES string of the molecule is COC(=O)C1CCC(CC(=O)O)CC1.COC(=O)C1CCC(CC(=O)O)CC1. The van der Waals surface area contributed by atoms with Crippen molar-refractivity contribution in [2.45, 2.75) is 64.2 Å². The maximum atomic E-state index is 11.2. The van der Waals surface area contributed by atoms with Gasteiger partial charge in [0.15, 0.2) is 0 Å². The van der Waals surface area contributed by atoms with Crippen LogP contribution in [0.4, 0.5) is 0 Å². The van der Waals surface area contributed by atoms with Crippen LogP contribution in [0.25, 0.3) is 0 Å². The number of rotatable bonds is 6. The predicted molar refractivity (Wildman–Crippen MR) is 99.4 cm³/mol. The normalized spacial score (nSPS) is 26.9. The molecule has 0 bridgehead atoms. The van der Waals surface area contributed by atoms with Crippen molar-refractivity contribution in [3.8, 4) is 0 Å². The van der Waals surface area contributed by atoms with Gasteiger partial charge >= 0.3 is 23.9 Å². The van der Waals surface area contributed by atoms with Crippen molar-refractivity contribution in [2.24, 2.45) is 23.7 Å². The van der Waals surface area contributed by atoms with Gasteiger partial charge in [0.1, 0.15) is 0 Å². The number of hydrogen-bond acceptors (Lipinski definition) is 6. The molecule has 2 N–H and O–H groups in total.